The molecule has 46 heavy (non-hydrogen) atoms. The quantitative estimate of drug-likeness (QED) is 0.267. The molecule has 4 aliphatic rings. The molecule has 2 amide bonds. The second-order valence-electron chi connectivity index (χ2n) is 14.1. The SMILES string of the molecule is C[C@H]1NC(=O)[C@@]2(C)C[C@@H]2CCCCCn2c(-c3nc4cc(C(=O)N[C@H]5CNCC[C@@H]5F)c(F)cc4n3C3CC3)cc3ccc1nc32. The summed E-state index contributed by atoms with van der Waals surface area (Å²) in [5, 5.41) is 9.97. The van der Waals surface area contributed by atoms with Gasteiger partial charge in [-0.2, -0.15) is 0 Å². The Labute approximate surface area is 266 Å². The van der Waals surface area contributed by atoms with Gasteiger partial charge in [-0.15, -0.1) is 0 Å². The number of hydrogen-bond donors (Lipinski definition) is 3. The number of amides is 2. The Bertz CT molecular complexity index is 1860. The molecule has 0 spiro atoms. The summed E-state index contributed by atoms with van der Waals surface area (Å²) in [5.41, 5.74) is 3.31. The summed E-state index contributed by atoms with van der Waals surface area (Å²) in [6, 6.07) is 8.30. The van der Waals surface area contributed by atoms with Gasteiger partial charge in [0.2, 0.25) is 5.91 Å². The van der Waals surface area contributed by atoms with Crippen LogP contribution in [0, 0.1) is 17.2 Å². The molecule has 0 unspecified atom stereocenters. The molecular weight excluding hydrogens is 588 g/mol. The molecule has 0 radical (unpaired) electrons. The highest BCUT2D eigenvalue weighted by atomic mass is 19.1. The van der Waals surface area contributed by atoms with E-state index in [9.17, 15) is 14.0 Å². The minimum Gasteiger partial charge on any atom is -0.348 e. The normalized spacial score (nSPS) is 28.6. The largest absolute Gasteiger partial charge is 0.348 e. The minimum absolute atomic E-state index is 0.110. The number of piperidine rings is 1. The molecule has 242 valence electrons. The van der Waals surface area contributed by atoms with Crippen LogP contribution in [-0.2, 0) is 11.3 Å². The van der Waals surface area contributed by atoms with Crippen LogP contribution in [0.5, 0.6) is 0 Å². The van der Waals surface area contributed by atoms with Gasteiger partial charge in [-0.25, -0.2) is 18.7 Å². The summed E-state index contributed by atoms with van der Waals surface area (Å²) in [5.74, 6) is -0.0122. The van der Waals surface area contributed by atoms with E-state index in [-0.39, 0.29) is 29.0 Å². The van der Waals surface area contributed by atoms with Crippen LogP contribution in [0.3, 0.4) is 0 Å². The van der Waals surface area contributed by atoms with Gasteiger partial charge in [-0.3, -0.25) is 9.59 Å². The summed E-state index contributed by atoms with van der Waals surface area (Å²) in [7, 11) is 0. The maximum absolute atomic E-state index is 15.6. The number of nitrogens with zero attached hydrogens (tertiary/aromatic N) is 4. The van der Waals surface area contributed by atoms with Crippen molar-refractivity contribution < 1.29 is 18.4 Å². The average Bonchev–Trinajstić information content (AvgIpc) is 3.92. The van der Waals surface area contributed by atoms with Crippen LogP contribution in [0.1, 0.15) is 93.3 Å². The van der Waals surface area contributed by atoms with Gasteiger partial charge in [0.1, 0.15) is 17.6 Å². The molecule has 1 aromatic carbocycles. The molecule has 8 rings (SSSR count). The topological polar surface area (TPSA) is 106 Å². The smallest absolute Gasteiger partial charge is 0.254 e. The number of fused-ring (bicyclic) bond motifs is 3. The van der Waals surface area contributed by atoms with E-state index in [2.05, 4.69) is 44.1 Å². The molecule has 2 aliphatic carbocycles. The Kier molecular flexibility index (Phi) is 7.15. The Morgan fingerprint density at radius 3 is 2.74 bits per heavy atom. The van der Waals surface area contributed by atoms with Crippen molar-refractivity contribution in [2.24, 2.45) is 11.3 Å². The van der Waals surface area contributed by atoms with Gasteiger partial charge in [-0.05, 0) is 82.2 Å². The lowest BCUT2D eigenvalue weighted by Crippen LogP contribution is -2.52. The molecule has 3 N–H and O–H groups in total. The number of aryl methyl sites for hydroxylation is 1. The summed E-state index contributed by atoms with van der Waals surface area (Å²) >= 11 is 0. The number of benzene rings is 1. The van der Waals surface area contributed by atoms with Gasteiger partial charge in [0.25, 0.3) is 5.91 Å². The molecular formula is C35H41F2N7O2. The monoisotopic (exact) mass is 629 g/mol. The van der Waals surface area contributed by atoms with Crippen LogP contribution in [-0.4, -0.2) is 56.2 Å². The number of hydrogen-bond acceptors (Lipinski definition) is 5. The number of nitrogens with one attached hydrogen (secondary N) is 3. The zero-order valence-electron chi connectivity index (χ0n) is 26.4. The molecule has 5 heterocycles. The standard InChI is InChI=1S/C35H41F2N7O2/c1-19-26-10-7-20-14-30(43(31(20)40-26)13-5-3-4-6-21-17-35(21,2)34(46)39-19)32-41-27-15-23(25(37)16-29(27)44(32)22-8-9-22)33(45)42-28-18-38-12-11-24(28)36/h7,10,14-16,19,21-22,24,28,38H,3-6,8-9,11-13,17-18H2,1-2H3,(H,39,46)(H,42,45)/t19-,21+,24+,28+,35+/m1/s1. The Hall–Kier alpha value is -3.86. The zero-order valence-corrected chi connectivity index (χ0v) is 26.4. The predicted molar refractivity (Wildman–Crippen MR) is 172 cm³/mol. The van der Waals surface area contributed by atoms with Crippen molar-refractivity contribution in [3.63, 3.8) is 0 Å². The van der Waals surface area contributed by atoms with E-state index in [1.807, 2.05) is 13.0 Å². The van der Waals surface area contributed by atoms with Crippen molar-refractivity contribution in [2.45, 2.75) is 96.1 Å². The summed E-state index contributed by atoms with van der Waals surface area (Å²) in [4.78, 5) is 36.5. The van der Waals surface area contributed by atoms with Gasteiger partial charge >= 0.3 is 0 Å². The van der Waals surface area contributed by atoms with Gasteiger partial charge < -0.3 is 25.1 Å². The van der Waals surface area contributed by atoms with Crippen molar-refractivity contribution in [1.82, 2.24) is 35.1 Å². The van der Waals surface area contributed by atoms with Crippen LogP contribution >= 0.6 is 0 Å². The first-order chi connectivity index (χ1) is 22.2. The lowest BCUT2D eigenvalue weighted by Gasteiger charge is -2.27. The van der Waals surface area contributed by atoms with Gasteiger partial charge in [0.15, 0.2) is 5.82 Å². The number of halogens is 2. The van der Waals surface area contributed by atoms with Crippen molar-refractivity contribution in [3.05, 3.63) is 47.4 Å². The Morgan fingerprint density at radius 1 is 1.09 bits per heavy atom. The van der Waals surface area contributed by atoms with E-state index in [0.717, 1.165) is 79.7 Å². The van der Waals surface area contributed by atoms with E-state index >= 15 is 4.39 Å². The fraction of sp³-hybridized carbons (Fsp3) is 0.543. The highest BCUT2D eigenvalue weighted by Crippen LogP contribution is 2.55. The second kappa shape index (κ2) is 11.1. The first-order valence-corrected chi connectivity index (χ1v) is 16.9. The first-order valence-electron chi connectivity index (χ1n) is 16.9. The van der Waals surface area contributed by atoms with Gasteiger partial charge in [0.05, 0.1) is 40.1 Å². The number of alkyl halides is 1. The van der Waals surface area contributed by atoms with Crippen LogP contribution in [0.2, 0.25) is 0 Å². The van der Waals surface area contributed by atoms with Crippen molar-refractivity contribution >= 4 is 33.9 Å². The van der Waals surface area contributed by atoms with Gasteiger partial charge in [-0.1, -0.05) is 19.8 Å². The summed E-state index contributed by atoms with van der Waals surface area (Å²) in [6.07, 6.45) is 6.13. The number of rotatable bonds is 4. The third-order valence-electron chi connectivity index (χ3n) is 10.8. The van der Waals surface area contributed by atoms with Crippen LogP contribution in [0.25, 0.3) is 33.6 Å². The number of carbonyl (C=O) groups excluding carboxylic acids is 2. The van der Waals surface area contributed by atoms with Crippen LogP contribution in [0.4, 0.5) is 8.78 Å². The summed E-state index contributed by atoms with van der Waals surface area (Å²) in [6.45, 7) is 5.69. The molecule has 2 aliphatic heterocycles. The number of pyridine rings is 1. The van der Waals surface area contributed by atoms with E-state index in [1.165, 1.54) is 12.1 Å². The molecule has 3 aromatic heterocycles. The molecule has 5 atom stereocenters. The maximum atomic E-state index is 15.6. The first kappa shape index (κ1) is 29.5. The van der Waals surface area contributed by atoms with Crippen molar-refractivity contribution in [1.29, 1.82) is 0 Å². The van der Waals surface area contributed by atoms with Crippen LogP contribution in [0.15, 0.2) is 30.3 Å². The highest BCUT2D eigenvalue weighted by Gasteiger charge is 2.55. The van der Waals surface area contributed by atoms with Gasteiger partial charge in [0, 0.05) is 36.0 Å². The predicted octanol–water partition coefficient (Wildman–Crippen LogP) is 5.73. The van der Waals surface area contributed by atoms with E-state index in [1.54, 1.807) is 0 Å². The lowest BCUT2D eigenvalue weighted by molar-refractivity contribution is -0.127. The van der Waals surface area contributed by atoms with Crippen molar-refractivity contribution in [2.75, 3.05) is 13.1 Å². The molecule has 9 nitrogen and oxygen atoms in total. The Morgan fingerprint density at radius 2 is 1.93 bits per heavy atom. The maximum Gasteiger partial charge on any atom is 0.254 e. The Balaban J connectivity index is 1.19. The molecule has 1 saturated heterocycles. The third-order valence-corrected chi connectivity index (χ3v) is 10.8. The summed E-state index contributed by atoms with van der Waals surface area (Å²) < 4.78 is 34.4. The lowest BCUT2D eigenvalue weighted by atomic mass is 10.0. The number of imidazole rings is 1. The molecule has 11 heteroatoms. The molecule has 4 aromatic rings. The molecule has 2 saturated carbocycles. The fourth-order valence-electron chi connectivity index (χ4n) is 7.61. The fourth-order valence-corrected chi connectivity index (χ4v) is 7.61. The number of carbonyl (C=O) groups is 2. The van der Waals surface area contributed by atoms with Crippen LogP contribution < -0.4 is 16.0 Å². The average molecular weight is 630 g/mol. The molecule has 2 bridgehead atoms. The second-order valence-corrected chi connectivity index (χ2v) is 14.1. The number of aromatic nitrogens is 4. The third kappa shape index (κ3) is 5.07. The van der Waals surface area contributed by atoms with E-state index in [4.69, 9.17) is 9.97 Å². The van der Waals surface area contributed by atoms with E-state index < -0.39 is 23.9 Å². The van der Waals surface area contributed by atoms with E-state index in [0.29, 0.717) is 36.5 Å². The minimum atomic E-state index is -1.18. The highest BCUT2D eigenvalue weighted by molar-refractivity contribution is 5.98. The zero-order chi connectivity index (χ0) is 31.7. The van der Waals surface area contributed by atoms with Crippen molar-refractivity contribution in [3.8, 4) is 11.5 Å². The molecule has 3 fully saturated rings.